The van der Waals surface area contributed by atoms with Gasteiger partial charge in [0.2, 0.25) is 0 Å². The highest BCUT2D eigenvalue weighted by Crippen LogP contribution is 2.36. The molecule has 0 saturated carbocycles. The monoisotopic (exact) mass is 688 g/mol. The van der Waals surface area contributed by atoms with Crippen molar-refractivity contribution in [1.29, 1.82) is 0 Å². The van der Waals surface area contributed by atoms with Crippen LogP contribution in [0.3, 0.4) is 0 Å². The third-order valence-electron chi connectivity index (χ3n) is 9.17. The molecular formula is C48H56N4. The van der Waals surface area contributed by atoms with E-state index in [0.29, 0.717) is 0 Å². The summed E-state index contributed by atoms with van der Waals surface area (Å²) in [5.41, 5.74) is 20.3. The molecule has 52 heavy (non-hydrogen) atoms. The number of nitrogens with one attached hydrogen (secondary N) is 1. The zero-order chi connectivity index (χ0) is 37.5. The lowest BCUT2D eigenvalue weighted by molar-refractivity contribution is 0.629. The molecule has 1 aliphatic rings. The van der Waals surface area contributed by atoms with Gasteiger partial charge in [0, 0.05) is 40.6 Å². The maximum Gasteiger partial charge on any atom is 0.0693 e. The fraction of sp³-hybridized carbons (Fsp3) is 0.229. The van der Waals surface area contributed by atoms with Crippen molar-refractivity contribution in [3.8, 4) is 5.69 Å². The van der Waals surface area contributed by atoms with Gasteiger partial charge < -0.3 is 15.6 Å². The van der Waals surface area contributed by atoms with E-state index in [4.69, 9.17) is 5.73 Å². The van der Waals surface area contributed by atoms with Crippen LogP contribution in [0.2, 0.25) is 0 Å². The SMILES string of the molecule is C=C/C=C\C1=C(/C)C/C=C\c2c(n(-c3ccccc3)c3ccccc23)C(C)N1.CC.CCCc1ccccc1/C(N)=C(\C)C(=NC)c1ccccc1. The van der Waals surface area contributed by atoms with E-state index in [-0.39, 0.29) is 6.04 Å². The van der Waals surface area contributed by atoms with Crippen LogP contribution >= 0.6 is 0 Å². The summed E-state index contributed by atoms with van der Waals surface area (Å²) >= 11 is 0. The number of nitrogens with zero attached hydrogens (tertiary/aromatic N) is 2. The second-order valence-electron chi connectivity index (χ2n) is 12.6. The number of aryl methyl sites for hydroxylation is 1. The van der Waals surface area contributed by atoms with E-state index in [0.717, 1.165) is 53.1 Å². The molecule has 0 aliphatic carbocycles. The number of benzene rings is 4. The van der Waals surface area contributed by atoms with Gasteiger partial charge >= 0.3 is 0 Å². The predicted molar refractivity (Wildman–Crippen MR) is 228 cm³/mol. The lowest BCUT2D eigenvalue weighted by Crippen LogP contribution is -2.21. The summed E-state index contributed by atoms with van der Waals surface area (Å²) in [5, 5.41) is 5.04. The Hall–Kier alpha value is -5.61. The van der Waals surface area contributed by atoms with Crippen molar-refractivity contribution in [1.82, 2.24) is 9.88 Å². The largest absolute Gasteiger partial charge is 0.398 e. The molecule has 0 fully saturated rings. The zero-order valence-electron chi connectivity index (χ0n) is 32.2. The molecule has 0 bridgehead atoms. The Labute approximate surface area is 312 Å². The first-order chi connectivity index (χ1) is 25.4. The first kappa shape index (κ1) is 39.2. The molecule has 5 aromatic rings. The molecule has 0 saturated heterocycles. The van der Waals surface area contributed by atoms with E-state index in [1.54, 1.807) is 0 Å². The van der Waals surface area contributed by atoms with Crippen LogP contribution in [0.1, 0.15) is 88.4 Å². The van der Waals surface area contributed by atoms with Crippen LogP contribution in [0.15, 0.2) is 162 Å². The molecule has 3 N–H and O–H groups in total. The molecule has 1 aliphatic heterocycles. The molecule has 0 spiro atoms. The van der Waals surface area contributed by atoms with Gasteiger partial charge in [0.15, 0.2) is 0 Å². The third kappa shape index (κ3) is 9.18. The maximum atomic E-state index is 6.48. The summed E-state index contributed by atoms with van der Waals surface area (Å²) in [6.45, 7) is 16.5. The number of fused-ring (bicyclic) bond motifs is 3. The summed E-state index contributed by atoms with van der Waals surface area (Å²) < 4.78 is 2.39. The van der Waals surface area contributed by atoms with Gasteiger partial charge in [-0.3, -0.25) is 4.99 Å². The van der Waals surface area contributed by atoms with Gasteiger partial charge in [0.1, 0.15) is 0 Å². The molecule has 4 heteroatoms. The summed E-state index contributed by atoms with van der Waals surface area (Å²) in [6, 6.07) is 38.0. The van der Waals surface area contributed by atoms with E-state index in [9.17, 15) is 0 Å². The average molecular weight is 689 g/mol. The van der Waals surface area contributed by atoms with Crippen molar-refractivity contribution in [3.05, 3.63) is 185 Å². The van der Waals surface area contributed by atoms with Crippen LogP contribution in [0.5, 0.6) is 0 Å². The summed E-state index contributed by atoms with van der Waals surface area (Å²) in [4.78, 5) is 4.46. The first-order valence-corrected chi connectivity index (χ1v) is 18.6. The van der Waals surface area contributed by atoms with Gasteiger partial charge in [-0.25, -0.2) is 0 Å². The Morgan fingerprint density at radius 2 is 1.56 bits per heavy atom. The van der Waals surface area contributed by atoms with Crippen molar-refractivity contribution < 1.29 is 0 Å². The van der Waals surface area contributed by atoms with Crippen LogP contribution in [0.4, 0.5) is 0 Å². The molecule has 268 valence electrons. The Morgan fingerprint density at radius 1 is 0.923 bits per heavy atom. The lowest BCUT2D eigenvalue weighted by Gasteiger charge is -2.21. The molecule has 4 aromatic carbocycles. The third-order valence-corrected chi connectivity index (χ3v) is 9.17. The second-order valence-corrected chi connectivity index (χ2v) is 12.6. The van der Waals surface area contributed by atoms with Gasteiger partial charge in [0.25, 0.3) is 0 Å². The summed E-state index contributed by atoms with van der Waals surface area (Å²) in [6.07, 6.45) is 13.6. The minimum absolute atomic E-state index is 0.143. The summed E-state index contributed by atoms with van der Waals surface area (Å²) in [7, 11) is 1.82. The molecule has 0 radical (unpaired) electrons. The van der Waals surface area contributed by atoms with Gasteiger partial charge in [-0.05, 0) is 80.2 Å². The highest BCUT2D eigenvalue weighted by Gasteiger charge is 2.22. The topological polar surface area (TPSA) is 55.3 Å². The standard InChI is InChI=1S/C26H26N2.C20H24N2.C2H6/c1-4-5-17-24-19(2)12-11-16-23-22-15-9-10-18-25(22)28(26(23)20(3)27-24)21-13-7-6-8-14-21;1-4-10-16-11-8-9-14-18(16)19(21)15(2)20(22-3)17-12-6-5-7-13-17;1-2/h4-11,13-18,20,27H,1,12H2,2-3H3;5-9,11-14H,4,10,21H2,1-3H3;1-2H3/b16-11-,17-5-,24-19-;19-15-,22-20?;. The number of hydrogen-bond donors (Lipinski definition) is 2. The van der Waals surface area contributed by atoms with Crippen molar-refractivity contribution >= 4 is 28.4 Å². The number of aromatic nitrogens is 1. The fourth-order valence-electron chi connectivity index (χ4n) is 6.69. The van der Waals surface area contributed by atoms with Crippen LogP contribution in [0, 0.1) is 0 Å². The van der Waals surface area contributed by atoms with E-state index >= 15 is 0 Å². The van der Waals surface area contributed by atoms with Crippen molar-refractivity contribution in [2.24, 2.45) is 10.7 Å². The zero-order valence-corrected chi connectivity index (χ0v) is 32.2. The van der Waals surface area contributed by atoms with E-state index < -0.39 is 0 Å². The fourth-order valence-corrected chi connectivity index (χ4v) is 6.69. The molecule has 6 rings (SSSR count). The number of hydrogen-bond acceptors (Lipinski definition) is 3. The van der Waals surface area contributed by atoms with Crippen molar-refractivity contribution in [3.63, 3.8) is 0 Å². The van der Waals surface area contributed by atoms with Crippen LogP contribution in [-0.2, 0) is 6.42 Å². The highest BCUT2D eigenvalue weighted by molar-refractivity contribution is 6.16. The average Bonchev–Trinajstić information content (AvgIpc) is 3.54. The van der Waals surface area contributed by atoms with E-state index in [2.05, 4.69) is 145 Å². The Morgan fingerprint density at radius 3 is 2.23 bits per heavy atom. The lowest BCUT2D eigenvalue weighted by atomic mass is 9.95. The Kier molecular flexibility index (Phi) is 14.8. The molecule has 0 amide bonds. The van der Waals surface area contributed by atoms with E-state index in [1.807, 2.05) is 64.2 Å². The highest BCUT2D eigenvalue weighted by atomic mass is 15.1. The minimum Gasteiger partial charge on any atom is -0.398 e. The van der Waals surface area contributed by atoms with Gasteiger partial charge in [-0.1, -0.05) is 149 Å². The van der Waals surface area contributed by atoms with E-state index in [1.165, 1.54) is 39.0 Å². The molecule has 4 nitrogen and oxygen atoms in total. The second kappa shape index (κ2) is 19.7. The molecule has 1 atom stereocenters. The molecular weight excluding hydrogens is 633 g/mol. The molecule has 1 unspecified atom stereocenters. The Balaban J connectivity index is 0.000000229. The predicted octanol–water partition coefficient (Wildman–Crippen LogP) is 12.2. The quantitative estimate of drug-likeness (QED) is 0.126. The van der Waals surface area contributed by atoms with Crippen LogP contribution < -0.4 is 11.1 Å². The first-order valence-electron chi connectivity index (χ1n) is 18.6. The molecule has 1 aromatic heterocycles. The maximum absolute atomic E-state index is 6.48. The van der Waals surface area contributed by atoms with Gasteiger partial charge in [0.05, 0.1) is 23.0 Å². The Bertz CT molecular complexity index is 2070. The number of para-hydroxylation sites is 2. The number of rotatable bonds is 8. The van der Waals surface area contributed by atoms with Crippen molar-refractivity contribution in [2.45, 2.75) is 66.8 Å². The van der Waals surface area contributed by atoms with Gasteiger partial charge in [-0.15, -0.1) is 0 Å². The number of nitrogens with two attached hydrogens (primary N) is 1. The van der Waals surface area contributed by atoms with Crippen LogP contribution in [-0.4, -0.2) is 17.3 Å². The van der Waals surface area contributed by atoms with Crippen LogP contribution in [0.25, 0.3) is 28.4 Å². The van der Waals surface area contributed by atoms with Gasteiger partial charge in [-0.2, -0.15) is 0 Å². The summed E-state index contributed by atoms with van der Waals surface area (Å²) in [5.74, 6) is 0. The molecule has 2 heterocycles. The number of aliphatic imine (C=N–C) groups is 1. The van der Waals surface area contributed by atoms with Crippen molar-refractivity contribution in [2.75, 3.05) is 7.05 Å². The minimum atomic E-state index is 0.143. The normalized spacial score (nSPS) is 16.8. The smallest absolute Gasteiger partial charge is 0.0693 e. The number of allylic oxidation sites excluding steroid dienone is 6.